The van der Waals surface area contributed by atoms with Crippen molar-refractivity contribution in [3.63, 3.8) is 0 Å². The largest absolute Gasteiger partial charge is 0.323 e. The van der Waals surface area contributed by atoms with E-state index in [1.54, 1.807) is 4.68 Å². The molecule has 2 N–H and O–H groups in total. The zero-order chi connectivity index (χ0) is 13.3. The minimum Gasteiger partial charge on any atom is -0.323 e. The first-order valence-corrected chi connectivity index (χ1v) is 6.77. The van der Waals surface area contributed by atoms with Crippen molar-refractivity contribution in [1.29, 1.82) is 0 Å². The van der Waals surface area contributed by atoms with Crippen LogP contribution in [0.3, 0.4) is 0 Å². The Morgan fingerprint density at radius 3 is 2.50 bits per heavy atom. The molecule has 96 valence electrons. The van der Waals surface area contributed by atoms with E-state index in [-0.39, 0.29) is 6.04 Å². The van der Waals surface area contributed by atoms with Crippen molar-refractivity contribution in [3.8, 4) is 5.69 Å². The van der Waals surface area contributed by atoms with Crippen LogP contribution in [-0.2, 0) is 0 Å². The molecule has 0 radical (unpaired) electrons. The fourth-order valence-electron chi connectivity index (χ4n) is 1.84. The lowest BCUT2D eigenvalue weighted by Gasteiger charge is -2.07. The summed E-state index contributed by atoms with van der Waals surface area (Å²) >= 11 is 3.56. The van der Waals surface area contributed by atoms with Gasteiger partial charge < -0.3 is 5.73 Å². The van der Waals surface area contributed by atoms with Crippen LogP contribution < -0.4 is 5.73 Å². The molecular weight excluding hydrogens is 292 g/mol. The second-order valence-electron chi connectivity index (χ2n) is 4.50. The Labute approximate surface area is 115 Å². The second kappa shape index (κ2) is 5.20. The Bertz CT molecular complexity index is 539. The number of nitrogens with two attached hydrogens (primary N) is 1. The van der Waals surface area contributed by atoms with Crippen LogP contribution in [0.2, 0.25) is 0 Å². The fraction of sp³-hybridized carbons (Fsp3) is 0.385. The van der Waals surface area contributed by atoms with Crippen molar-refractivity contribution in [1.82, 2.24) is 15.0 Å². The van der Waals surface area contributed by atoms with Gasteiger partial charge in [0.15, 0.2) is 0 Å². The Balaban J connectivity index is 2.40. The predicted octanol–water partition coefficient (Wildman–Crippen LogP) is 3.06. The standard InChI is InChI=1S/C13H17BrN4/c1-4-11(15)12-7-18(17-16-12)10-5-8(2)13(14)9(3)6-10/h5-7,11H,4,15H2,1-3H3. The monoisotopic (exact) mass is 308 g/mol. The Morgan fingerprint density at radius 1 is 1.33 bits per heavy atom. The summed E-state index contributed by atoms with van der Waals surface area (Å²) in [5, 5.41) is 8.26. The van der Waals surface area contributed by atoms with Gasteiger partial charge in [-0.1, -0.05) is 28.1 Å². The lowest BCUT2D eigenvalue weighted by Crippen LogP contribution is -2.08. The summed E-state index contributed by atoms with van der Waals surface area (Å²) < 4.78 is 2.91. The lowest BCUT2D eigenvalue weighted by molar-refractivity contribution is 0.670. The molecule has 0 aliphatic carbocycles. The minimum atomic E-state index is -0.0450. The summed E-state index contributed by atoms with van der Waals surface area (Å²) in [6.07, 6.45) is 2.76. The average molecular weight is 309 g/mol. The van der Waals surface area contributed by atoms with Gasteiger partial charge in [0, 0.05) is 4.47 Å². The topological polar surface area (TPSA) is 56.7 Å². The highest BCUT2D eigenvalue weighted by Crippen LogP contribution is 2.24. The minimum absolute atomic E-state index is 0.0450. The molecule has 0 aliphatic heterocycles. The number of halogens is 1. The Hall–Kier alpha value is -1.20. The van der Waals surface area contributed by atoms with Crippen LogP contribution in [0.15, 0.2) is 22.8 Å². The van der Waals surface area contributed by atoms with E-state index in [2.05, 4.69) is 52.2 Å². The molecule has 2 rings (SSSR count). The molecule has 0 spiro atoms. The molecule has 0 saturated heterocycles. The van der Waals surface area contributed by atoms with Gasteiger partial charge in [-0.3, -0.25) is 0 Å². The van der Waals surface area contributed by atoms with Gasteiger partial charge in [0.1, 0.15) is 0 Å². The highest BCUT2D eigenvalue weighted by Gasteiger charge is 2.10. The van der Waals surface area contributed by atoms with E-state index < -0.39 is 0 Å². The van der Waals surface area contributed by atoms with Gasteiger partial charge in [0.25, 0.3) is 0 Å². The Kier molecular flexibility index (Phi) is 3.82. The van der Waals surface area contributed by atoms with Crippen molar-refractivity contribution in [3.05, 3.63) is 39.6 Å². The molecule has 1 aromatic heterocycles. The predicted molar refractivity (Wildman–Crippen MR) is 75.8 cm³/mol. The molecule has 0 bridgehead atoms. The molecule has 18 heavy (non-hydrogen) atoms. The van der Waals surface area contributed by atoms with E-state index in [0.717, 1.165) is 22.3 Å². The van der Waals surface area contributed by atoms with Gasteiger partial charge in [0.2, 0.25) is 0 Å². The van der Waals surface area contributed by atoms with Gasteiger partial charge in [0.05, 0.1) is 23.6 Å². The van der Waals surface area contributed by atoms with Gasteiger partial charge in [-0.15, -0.1) is 5.10 Å². The SMILES string of the molecule is CCC(N)c1cn(-c2cc(C)c(Br)c(C)c2)nn1. The van der Waals surface area contributed by atoms with E-state index in [1.165, 1.54) is 11.1 Å². The molecule has 1 aromatic carbocycles. The fourth-order valence-corrected chi connectivity index (χ4v) is 2.07. The third-order valence-electron chi connectivity index (χ3n) is 3.02. The van der Waals surface area contributed by atoms with E-state index in [1.807, 2.05) is 13.1 Å². The summed E-state index contributed by atoms with van der Waals surface area (Å²) in [6.45, 7) is 6.17. The van der Waals surface area contributed by atoms with E-state index in [9.17, 15) is 0 Å². The Morgan fingerprint density at radius 2 is 1.94 bits per heavy atom. The summed E-state index contributed by atoms with van der Waals surface area (Å²) in [5.74, 6) is 0. The third kappa shape index (κ3) is 2.47. The molecule has 0 saturated carbocycles. The molecule has 0 aliphatic rings. The number of rotatable bonds is 3. The van der Waals surface area contributed by atoms with Crippen LogP contribution in [0.25, 0.3) is 5.69 Å². The lowest BCUT2D eigenvalue weighted by atomic mass is 10.1. The molecular formula is C13H17BrN4. The smallest absolute Gasteiger partial charge is 0.0998 e. The number of aryl methyl sites for hydroxylation is 2. The van der Waals surface area contributed by atoms with Gasteiger partial charge in [-0.2, -0.15) is 0 Å². The van der Waals surface area contributed by atoms with E-state index in [0.29, 0.717) is 0 Å². The van der Waals surface area contributed by atoms with Gasteiger partial charge in [-0.25, -0.2) is 4.68 Å². The third-order valence-corrected chi connectivity index (χ3v) is 4.27. The van der Waals surface area contributed by atoms with E-state index in [4.69, 9.17) is 5.73 Å². The summed E-state index contributed by atoms with van der Waals surface area (Å²) in [4.78, 5) is 0. The summed E-state index contributed by atoms with van der Waals surface area (Å²) in [7, 11) is 0. The summed E-state index contributed by atoms with van der Waals surface area (Å²) in [6, 6.07) is 4.11. The van der Waals surface area contributed by atoms with Crippen LogP contribution >= 0.6 is 15.9 Å². The van der Waals surface area contributed by atoms with Crippen LogP contribution in [0, 0.1) is 13.8 Å². The molecule has 5 heteroatoms. The maximum Gasteiger partial charge on any atom is 0.0998 e. The molecule has 4 nitrogen and oxygen atoms in total. The van der Waals surface area contributed by atoms with Crippen LogP contribution in [0.1, 0.15) is 36.2 Å². The van der Waals surface area contributed by atoms with Crippen LogP contribution in [-0.4, -0.2) is 15.0 Å². The number of hydrogen-bond donors (Lipinski definition) is 1. The number of aromatic nitrogens is 3. The first kappa shape index (κ1) is 13.2. The second-order valence-corrected chi connectivity index (χ2v) is 5.29. The number of benzene rings is 1. The first-order chi connectivity index (χ1) is 8.52. The van der Waals surface area contributed by atoms with Gasteiger partial charge >= 0.3 is 0 Å². The van der Waals surface area contributed by atoms with Gasteiger partial charge in [-0.05, 0) is 43.5 Å². The number of nitrogens with zero attached hydrogens (tertiary/aromatic N) is 3. The van der Waals surface area contributed by atoms with Crippen molar-refractivity contribution in [2.75, 3.05) is 0 Å². The quantitative estimate of drug-likeness (QED) is 0.948. The molecule has 0 amide bonds. The van der Waals surface area contributed by atoms with Crippen molar-refractivity contribution in [2.24, 2.45) is 5.73 Å². The zero-order valence-corrected chi connectivity index (χ0v) is 12.4. The molecule has 2 aromatic rings. The number of hydrogen-bond acceptors (Lipinski definition) is 3. The van der Waals surface area contributed by atoms with E-state index >= 15 is 0 Å². The normalized spacial score (nSPS) is 12.7. The zero-order valence-electron chi connectivity index (χ0n) is 10.8. The highest BCUT2D eigenvalue weighted by atomic mass is 79.9. The molecule has 1 atom stereocenters. The molecule has 0 fully saturated rings. The van der Waals surface area contributed by atoms with Crippen molar-refractivity contribution >= 4 is 15.9 Å². The maximum atomic E-state index is 5.95. The van der Waals surface area contributed by atoms with Crippen LogP contribution in [0.4, 0.5) is 0 Å². The van der Waals surface area contributed by atoms with Crippen molar-refractivity contribution in [2.45, 2.75) is 33.2 Å². The molecule has 1 unspecified atom stereocenters. The summed E-state index contributed by atoms with van der Waals surface area (Å²) in [5.41, 5.74) is 10.1. The van der Waals surface area contributed by atoms with Crippen molar-refractivity contribution < 1.29 is 0 Å². The molecule has 1 heterocycles. The maximum absolute atomic E-state index is 5.95. The highest BCUT2D eigenvalue weighted by molar-refractivity contribution is 9.10. The first-order valence-electron chi connectivity index (χ1n) is 5.98. The van der Waals surface area contributed by atoms with Crippen LogP contribution in [0.5, 0.6) is 0 Å². The average Bonchev–Trinajstić information content (AvgIpc) is 2.84.